The van der Waals surface area contributed by atoms with Crippen molar-refractivity contribution in [3.05, 3.63) is 30.3 Å². The second-order valence-corrected chi connectivity index (χ2v) is 6.00. The van der Waals surface area contributed by atoms with E-state index in [0.29, 0.717) is 6.98 Å². The number of hydrogen-bond donors (Lipinski definition) is 0. The van der Waals surface area contributed by atoms with Crippen LogP contribution in [0.3, 0.4) is 0 Å². The van der Waals surface area contributed by atoms with Crippen LogP contribution >= 0.6 is 22.9 Å². The molecule has 0 heterocycles. The Morgan fingerprint density at radius 3 is 1.37 bits per heavy atom. The van der Waals surface area contributed by atoms with Crippen LogP contribution in [0.1, 0.15) is 0 Å². The van der Waals surface area contributed by atoms with E-state index >= 15 is 0 Å². The summed E-state index contributed by atoms with van der Waals surface area (Å²) in [4.78, 5) is 6.10. The van der Waals surface area contributed by atoms with E-state index in [9.17, 15) is 0 Å². The smallest absolute Gasteiger partial charge is 0.330 e. The van der Waals surface area contributed by atoms with Crippen LogP contribution in [0.5, 0.6) is 0 Å². The maximum Gasteiger partial charge on any atom is 0.434 e. The molecular weight excluding hydrogens is 279 g/mol. The number of benzene rings is 1. The minimum absolute atomic E-state index is 0.362. The molecule has 0 fully saturated rings. The lowest BCUT2D eigenvalue weighted by atomic mass is 9.65. The van der Waals surface area contributed by atoms with Gasteiger partial charge in [0.25, 0.3) is 0 Å². The molecule has 0 amide bonds. The average Bonchev–Trinajstić information content (AvgIpc) is 2.30. The standard InChI is InChI=1S/C10H17BN2.C2H6BCl2N/c1-12(2)11(13(3)4)10-8-6-5-7-9-10;1-6(2)3(4)5/h5-9H,1-4H3;1-2H3. The highest BCUT2D eigenvalue weighted by Crippen LogP contribution is 1.96. The summed E-state index contributed by atoms with van der Waals surface area (Å²) in [5, 5.41) is 0. The number of hydrogen-bond acceptors (Lipinski definition) is 3. The molecule has 0 saturated heterocycles. The van der Waals surface area contributed by atoms with Crippen LogP contribution in [-0.2, 0) is 0 Å². The molecular formula is C12H23B2Cl2N3. The minimum atomic E-state index is -0.370. The molecule has 0 saturated carbocycles. The van der Waals surface area contributed by atoms with Crippen LogP contribution in [0.15, 0.2) is 30.3 Å². The second-order valence-electron chi connectivity index (χ2n) is 4.95. The van der Waals surface area contributed by atoms with E-state index < -0.39 is 0 Å². The normalized spacial score (nSPS) is 10.5. The highest BCUT2D eigenvalue weighted by molar-refractivity contribution is 7.32. The fraction of sp³-hybridized carbons (Fsp3) is 0.500. The first-order chi connectivity index (χ1) is 8.77. The molecule has 0 atom stereocenters. The Labute approximate surface area is 128 Å². The van der Waals surface area contributed by atoms with Crippen molar-refractivity contribution in [3.8, 4) is 0 Å². The SMILES string of the molecule is CN(C)B(Cl)Cl.CN(C)B(c1ccccc1)N(C)C. The molecule has 106 valence electrons. The minimum Gasteiger partial charge on any atom is -0.330 e. The zero-order chi connectivity index (χ0) is 15.0. The summed E-state index contributed by atoms with van der Waals surface area (Å²) < 4.78 is 0. The van der Waals surface area contributed by atoms with E-state index in [1.807, 2.05) is 20.2 Å². The Balaban J connectivity index is 0.000000459. The predicted molar refractivity (Wildman–Crippen MR) is 90.4 cm³/mol. The van der Waals surface area contributed by atoms with E-state index in [0.717, 1.165) is 0 Å². The maximum absolute atomic E-state index is 5.30. The molecule has 0 unspecified atom stereocenters. The van der Waals surface area contributed by atoms with Gasteiger partial charge in [-0.25, -0.2) is 0 Å². The van der Waals surface area contributed by atoms with Gasteiger partial charge in [0.15, 0.2) is 0 Å². The molecule has 7 heteroatoms. The topological polar surface area (TPSA) is 9.72 Å². The van der Waals surface area contributed by atoms with Gasteiger partial charge in [-0.3, -0.25) is 0 Å². The van der Waals surface area contributed by atoms with Crippen molar-refractivity contribution >= 4 is 41.0 Å². The van der Waals surface area contributed by atoms with Crippen molar-refractivity contribution in [2.75, 3.05) is 42.3 Å². The van der Waals surface area contributed by atoms with E-state index in [2.05, 4.69) is 62.1 Å². The fourth-order valence-electron chi connectivity index (χ4n) is 1.68. The Bertz CT molecular complexity index is 321. The molecule has 0 aliphatic rings. The fourth-order valence-corrected chi connectivity index (χ4v) is 1.68. The summed E-state index contributed by atoms with van der Waals surface area (Å²) in [6.45, 7) is 0.362. The van der Waals surface area contributed by atoms with Gasteiger partial charge in [0.1, 0.15) is 0 Å². The summed E-state index contributed by atoms with van der Waals surface area (Å²) in [7, 11) is 12.0. The zero-order valence-corrected chi connectivity index (χ0v) is 14.2. The van der Waals surface area contributed by atoms with Gasteiger partial charge in [-0.2, -0.15) is 0 Å². The molecule has 0 aromatic heterocycles. The first-order valence-electron chi connectivity index (χ1n) is 6.09. The van der Waals surface area contributed by atoms with Gasteiger partial charge < -0.3 is 14.4 Å². The van der Waals surface area contributed by atoms with Gasteiger partial charge in [-0.1, -0.05) is 30.3 Å². The third-order valence-electron chi connectivity index (χ3n) is 2.47. The first-order valence-corrected chi connectivity index (χ1v) is 6.97. The maximum atomic E-state index is 5.30. The van der Waals surface area contributed by atoms with Crippen molar-refractivity contribution in [2.45, 2.75) is 0 Å². The van der Waals surface area contributed by atoms with Crippen LogP contribution in [0, 0.1) is 0 Å². The van der Waals surface area contributed by atoms with Gasteiger partial charge in [-0.15, -0.1) is 22.9 Å². The van der Waals surface area contributed by atoms with E-state index in [1.54, 1.807) is 4.81 Å². The Morgan fingerprint density at radius 2 is 1.11 bits per heavy atom. The Hall–Kier alpha value is -0.190. The van der Waals surface area contributed by atoms with Gasteiger partial charge in [0.2, 0.25) is 0 Å². The Kier molecular flexibility index (Phi) is 9.58. The molecule has 1 aromatic carbocycles. The van der Waals surface area contributed by atoms with Crippen molar-refractivity contribution in [1.82, 2.24) is 14.4 Å². The molecule has 1 rings (SSSR count). The molecule has 3 nitrogen and oxygen atoms in total. The summed E-state index contributed by atoms with van der Waals surface area (Å²) in [6.07, 6.45) is 0. The van der Waals surface area contributed by atoms with E-state index in [4.69, 9.17) is 22.9 Å². The molecule has 0 aliphatic carbocycles. The second kappa shape index (κ2) is 9.67. The van der Waals surface area contributed by atoms with Crippen LogP contribution in [0.4, 0.5) is 0 Å². The highest BCUT2D eigenvalue weighted by atomic mass is 35.5. The van der Waals surface area contributed by atoms with Crippen LogP contribution in [0.25, 0.3) is 0 Å². The van der Waals surface area contributed by atoms with Crippen LogP contribution < -0.4 is 5.46 Å². The largest absolute Gasteiger partial charge is 0.434 e. The average molecular weight is 302 g/mol. The lowest BCUT2D eigenvalue weighted by Crippen LogP contribution is -2.54. The lowest BCUT2D eigenvalue weighted by Gasteiger charge is -2.26. The predicted octanol–water partition coefficient (Wildman–Crippen LogP) is 1.52. The van der Waals surface area contributed by atoms with Crippen LogP contribution in [0.2, 0.25) is 0 Å². The third-order valence-corrected chi connectivity index (χ3v) is 3.25. The van der Waals surface area contributed by atoms with Crippen molar-refractivity contribution < 1.29 is 0 Å². The van der Waals surface area contributed by atoms with Crippen molar-refractivity contribution in [3.63, 3.8) is 0 Å². The van der Waals surface area contributed by atoms with Crippen molar-refractivity contribution in [1.29, 1.82) is 0 Å². The molecule has 0 aliphatic heterocycles. The zero-order valence-electron chi connectivity index (χ0n) is 12.6. The quantitative estimate of drug-likeness (QED) is 0.781. The molecule has 0 radical (unpaired) electrons. The summed E-state index contributed by atoms with van der Waals surface area (Å²) in [5.74, 6) is 0. The molecule has 0 spiro atoms. The monoisotopic (exact) mass is 301 g/mol. The van der Waals surface area contributed by atoms with Gasteiger partial charge in [-0.05, 0) is 47.7 Å². The van der Waals surface area contributed by atoms with Gasteiger partial charge in [0, 0.05) is 0 Å². The number of nitrogens with zero attached hydrogens (tertiary/aromatic N) is 3. The lowest BCUT2D eigenvalue weighted by molar-refractivity contribution is 0.531. The molecule has 0 N–H and O–H groups in total. The summed E-state index contributed by atoms with van der Waals surface area (Å²) in [6, 6.07) is 10.5. The molecule has 0 bridgehead atoms. The van der Waals surface area contributed by atoms with E-state index in [-0.39, 0.29) is 5.68 Å². The summed E-state index contributed by atoms with van der Waals surface area (Å²) >= 11 is 10.6. The Morgan fingerprint density at radius 1 is 0.737 bits per heavy atom. The first kappa shape index (κ1) is 18.8. The van der Waals surface area contributed by atoms with Crippen molar-refractivity contribution in [2.24, 2.45) is 0 Å². The van der Waals surface area contributed by atoms with Crippen LogP contribution in [-0.4, -0.2) is 69.4 Å². The number of rotatable bonds is 4. The molecule has 1 aromatic rings. The van der Waals surface area contributed by atoms with E-state index in [1.165, 1.54) is 5.46 Å². The number of halogens is 2. The summed E-state index contributed by atoms with van der Waals surface area (Å²) in [5.41, 5.74) is 0.961. The van der Waals surface area contributed by atoms with Gasteiger partial charge in [0.05, 0.1) is 0 Å². The highest BCUT2D eigenvalue weighted by Gasteiger charge is 2.22. The van der Waals surface area contributed by atoms with Gasteiger partial charge >= 0.3 is 12.7 Å². The third kappa shape index (κ3) is 7.85. The molecule has 19 heavy (non-hydrogen) atoms.